The minimum absolute atomic E-state index is 0.679. The van der Waals surface area contributed by atoms with Crippen LogP contribution < -0.4 is 0 Å². The Hall–Kier alpha value is -0.520. The van der Waals surface area contributed by atoms with Gasteiger partial charge in [-0.1, -0.05) is 51.4 Å². The fraction of sp³-hybridized carbons (Fsp3) is 0.875. The van der Waals surface area contributed by atoms with Crippen LogP contribution in [0.1, 0.15) is 79.1 Å². The lowest BCUT2D eigenvalue weighted by Gasteiger charge is -2.19. The van der Waals surface area contributed by atoms with Gasteiger partial charge in [-0.25, -0.2) is 0 Å². The zero-order chi connectivity index (χ0) is 14.1. The first kappa shape index (κ1) is 17.5. The van der Waals surface area contributed by atoms with Crippen LogP contribution in [-0.4, -0.2) is 21.4 Å². The molecule has 0 bridgehead atoms. The highest BCUT2D eigenvalue weighted by molar-refractivity contribution is 5.19. The lowest BCUT2D eigenvalue weighted by molar-refractivity contribution is 0.0970. The molecule has 0 fully saturated rings. The Kier molecular flexibility index (Phi) is 8.31. The van der Waals surface area contributed by atoms with Crippen LogP contribution in [0.15, 0.2) is 0 Å². The first-order chi connectivity index (χ1) is 8.33. The molecule has 2 heteroatoms. The summed E-state index contributed by atoms with van der Waals surface area (Å²) in [5.41, 5.74) is -1.94. The molecule has 0 aliphatic rings. The van der Waals surface area contributed by atoms with E-state index in [1.54, 1.807) is 13.8 Å². The van der Waals surface area contributed by atoms with Gasteiger partial charge in [0.15, 0.2) is 0 Å². The first-order valence-electron chi connectivity index (χ1n) is 7.32. The van der Waals surface area contributed by atoms with E-state index in [1.807, 2.05) is 0 Å². The highest BCUT2D eigenvalue weighted by atomic mass is 16.3. The van der Waals surface area contributed by atoms with Crippen molar-refractivity contribution in [3.63, 3.8) is 0 Å². The maximum absolute atomic E-state index is 10.1. The van der Waals surface area contributed by atoms with E-state index in [-0.39, 0.29) is 0 Å². The molecule has 0 heterocycles. The van der Waals surface area contributed by atoms with Crippen LogP contribution in [0.4, 0.5) is 0 Å². The molecule has 0 saturated heterocycles. The second kappa shape index (κ2) is 8.56. The summed E-state index contributed by atoms with van der Waals surface area (Å²) in [6.45, 7) is 7.74. The molecular weight excluding hydrogens is 224 g/mol. The topological polar surface area (TPSA) is 40.5 Å². The fourth-order valence-corrected chi connectivity index (χ4v) is 1.83. The van der Waals surface area contributed by atoms with E-state index >= 15 is 0 Å². The molecule has 0 aromatic heterocycles. The third-order valence-electron chi connectivity index (χ3n) is 3.14. The summed E-state index contributed by atoms with van der Waals surface area (Å²) in [4.78, 5) is 0. The zero-order valence-corrected chi connectivity index (χ0v) is 12.6. The predicted molar refractivity (Wildman–Crippen MR) is 77.3 cm³/mol. The highest BCUT2D eigenvalue weighted by Crippen LogP contribution is 2.17. The van der Waals surface area contributed by atoms with E-state index in [0.717, 1.165) is 38.5 Å². The van der Waals surface area contributed by atoms with E-state index in [0.29, 0.717) is 12.8 Å². The normalized spacial score (nSPS) is 17.4. The van der Waals surface area contributed by atoms with Crippen molar-refractivity contribution in [1.29, 1.82) is 0 Å². The van der Waals surface area contributed by atoms with Crippen molar-refractivity contribution >= 4 is 0 Å². The van der Waals surface area contributed by atoms with Crippen molar-refractivity contribution in [3.05, 3.63) is 0 Å². The number of hydrogen-bond donors (Lipinski definition) is 2. The Labute approximate surface area is 113 Å². The number of rotatable bonds is 8. The largest absolute Gasteiger partial charge is 0.378 e. The summed E-state index contributed by atoms with van der Waals surface area (Å²) in [7, 11) is 0. The molecule has 18 heavy (non-hydrogen) atoms. The summed E-state index contributed by atoms with van der Waals surface area (Å²) < 4.78 is 0. The van der Waals surface area contributed by atoms with E-state index in [2.05, 4.69) is 25.7 Å². The molecule has 0 radical (unpaired) electrons. The Balaban J connectivity index is 4.24. The van der Waals surface area contributed by atoms with Crippen LogP contribution in [-0.2, 0) is 0 Å². The zero-order valence-electron chi connectivity index (χ0n) is 12.6. The van der Waals surface area contributed by atoms with Gasteiger partial charge in [-0.3, -0.25) is 0 Å². The van der Waals surface area contributed by atoms with Gasteiger partial charge in [-0.05, 0) is 39.5 Å². The van der Waals surface area contributed by atoms with Crippen LogP contribution in [0, 0.1) is 11.8 Å². The maximum Gasteiger partial charge on any atom is 0.122 e. The molecule has 2 N–H and O–H groups in total. The van der Waals surface area contributed by atoms with Crippen molar-refractivity contribution in [2.24, 2.45) is 0 Å². The third kappa shape index (κ3) is 9.50. The van der Waals surface area contributed by atoms with Crippen molar-refractivity contribution in [3.8, 4) is 11.8 Å². The molecule has 0 aliphatic carbocycles. The van der Waals surface area contributed by atoms with Gasteiger partial charge in [-0.15, -0.1) is 0 Å². The minimum Gasteiger partial charge on any atom is -0.378 e. The standard InChI is InChI=1S/C16H30O2/c1-5-7-9-11-15(3,17)13-14-16(4,18)12-10-8-6-2/h17-18H,5-12H2,1-4H3/t15-,16-/m0/s1. The van der Waals surface area contributed by atoms with Crippen molar-refractivity contribution in [2.45, 2.75) is 90.3 Å². The minimum atomic E-state index is -0.968. The van der Waals surface area contributed by atoms with Crippen molar-refractivity contribution in [1.82, 2.24) is 0 Å². The molecule has 0 unspecified atom stereocenters. The quantitative estimate of drug-likeness (QED) is 0.513. The van der Waals surface area contributed by atoms with Crippen LogP contribution in [0.2, 0.25) is 0 Å². The number of aliphatic hydroxyl groups is 2. The maximum atomic E-state index is 10.1. The molecule has 0 saturated carbocycles. The Bertz CT molecular complexity index is 243. The van der Waals surface area contributed by atoms with E-state index in [1.165, 1.54) is 0 Å². The molecule has 2 atom stereocenters. The smallest absolute Gasteiger partial charge is 0.122 e. The highest BCUT2D eigenvalue weighted by Gasteiger charge is 2.20. The van der Waals surface area contributed by atoms with Gasteiger partial charge in [0.1, 0.15) is 11.2 Å². The predicted octanol–water partition coefficient (Wildman–Crippen LogP) is 3.65. The molecule has 2 nitrogen and oxygen atoms in total. The average Bonchev–Trinajstić information content (AvgIpc) is 2.27. The fourth-order valence-electron chi connectivity index (χ4n) is 1.83. The van der Waals surface area contributed by atoms with Crippen LogP contribution in [0.3, 0.4) is 0 Å². The number of hydrogen-bond acceptors (Lipinski definition) is 2. The molecule has 0 rings (SSSR count). The lowest BCUT2D eigenvalue weighted by Crippen LogP contribution is -2.26. The monoisotopic (exact) mass is 254 g/mol. The van der Waals surface area contributed by atoms with Gasteiger partial charge in [0.05, 0.1) is 0 Å². The molecule has 0 aromatic carbocycles. The van der Waals surface area contributed by atoms with Gasteiger partial charge in [-0.2, -0.15) is 0 Å². The molecule has 0 spiro atoms. The van der Waals surface area contributed by atoms with E-state index in [4.69, 9.17) is 0 Å². The van der Waals surface area contributed by atoms with E-state index in [9.17, 15) is 10.2 Å². The van der Waals surface area contributed by atoms with E-state index < -0.39 is 11.2 Å². The summed E-state index contributed by atoms with van der Waals surface area (Å²) in [6.07, 6.45) is 7.83. The van der Waals surface area contributed by atoms with Gasteiger partial charge in [0.2, 0.25) is 0 Å². The summed E-state index contributed by atoms with van der Waals surface area (Å²) in [5.74, 6) is 5.68. The second-order valence-electron chi connectivity index (χ2n) is 5.71. The Morgan fingerprint density at radius 1 is 0.722 bits per heavy atom. The molecule has 0 aromatic rings. The first-order valence-corrected chi connectivity index (χ1v) is 7.32. The van der Waals surface area contributed by atoms with Crippen LogP contribution >= 0.6 is 0 Å². The summed E-state index contributed by atoms with van der Waals surface area (Å²) >= 11 is 0. The molecular formula is C16H30O2. The Morgan fingerprint density at radius 2 is 1.06 bits per heavy atom. The van der Waals surface area contributed by atoms with Crippen LogP contribution in [0.25, 0.3) is 0 Å². The lowest BCUT2D eigenvalue weighted by atomic mass is 9.94. The second-order valence-corrected chi connectivity index (χ2v) is 5.71. The number of unbranched alkanes of at least 4 members (excludes halogenated alkanes) is 4. The molecule has 0 amide bonds. The van der Waals surface area contributed by atoms with Gasteiger partial charge in [0.25, 0.3) is 0 Å². The molecule has 106 valence electrons. The van der Waals surface area contributed by atoms with Gasteiger partial charge in [0, 0.05) is 0 Å². The summed E-state index contributed by atoms with van der Waals surface area (Å²) in [5, 5.41) is 20.2. The van der Waals surface area contributed by atoms with Crippen molar-refractivity contribution in [2.75, 3.05) is 0 Å². The third-order valence-corrected chi connectivity index (χ3v) is 3.14. The summed E-state index contributed by atoms with van der Waals surface area (Å²) in [6, 6.07) is 0. The van der Waals surface area contributed by atoms with Crippen molar-refractivity contribution < 1.29 is 10.2 Å². The van der Waals surface area contributed by atoms with Crippen LogP contribution in [0.5, 0.6) is 0 Å². The SMILES string of the molecule is CCCCC[C@](C)(O)C#C[C@@](C)(O)CCCCC. The molecule has 0 aliphatic heterocycles. The van der Waals surface area contributed by atoms with Gasteiger partial charge < -0.3 is 10.2 Å². The average molecular weight is 254 g/mol. The Morgan fingerprint density at radius 3 is 1.33 bits per heavy atom. The van der Waals surface area contributed by atoms with Gasteiger partial charge >= 0.3 is 0 Å².